The topological polar surface area (TPSA) is 42.1 Å². The van der Waals surface area contributed by atoms with E-state index in [1.165, 1.54) is 25.7 Å². The van der Waals surface area contributed by atoms with E-state index in [4.69, 9.17) is 9.47 Å². The van der Waals surface area contributed by atoms with Crippen LogP contribution in [0.1, 0.15) is 71.6 Å². The fraction of sp³-hybridized carbons (Fsp3) is 0.933. The minimum Gasteiger partial charge on any atom is -0.336 e. The van der Waals surface area contributed by atoms with Crippen LogP contribution in [0.15, 0.2) is 0 Å². The summed E-state index contributed by atoms with van der Waals surface area (Å²) in [6.45, 7) is 4.09. The molecule has 2 aliphatic rings. The minimum absolute atomic E-state index is 0.123. The van der Waals surface area contributed by atoms with Crippen molar-refractivity contribution in [2.75, 3.05) is 0 Å². The second-order valence-corrected chi connectivity index (χ2v) is 5.54. The lowest BCUT2D eigenvalue weighted by Gasteiger charge is -1.99. The maximum Gasteiger partial charge on any atom is 0.223 e. The number of hydrogen-bond acceptors (Lipinski definition) is 3. The zero-order valence-electron chi connectivity index (χ0n) is 11.7. The Balaban J connectivity index is 1.38. The van der Waals surface area contributed by atoms with Crippen LogP contribution in [-0.4, -0.2) is 23.8 Å². The van der Waals surface area contributed by atoms with Crippen molar-refractivity contribution in [1.29, 1.82) is 0 Å². The van der Waals surface area contributed by atoms with Crippen LogP contribution in [0, 0.1) is 0 Å². The number of hydrogen-bond donors (Lipinski definition) is 0. The van der Waals surface area contributed by atoms with E-state index in [0.29, 0.717) is 24.4 Å². The van der Waals surface area contributed by atoms with Crippen LogP contribution in [-0.2, 0) is 14.3 Å². The van der Waals surface area contributed by atoms with Crippen molar-refractivity contribution in [3.63, 3.8) is 0 Å². The number of epoxide rings is 2. The largest absolute Gasteiger partial charge is 0.336 e. The summed E-state index contributed by atoms with van der Waals surface area (Å²) < 4.78 is 11.2. The molecule has 104 valence electrons. The average molecular weight is 254 g/mol. The molecule has 0 N–H and O–H groups in total. The monoisotopic (exact) mass is 254 g/mol. The van der Waals surface area contributed by atoms with Crippen LogP contribution in [0.4, 0.5) is 0 Å². The third-order valence-electron chi connectivity index (χ3n) is 4.12. The smallest absolute Gasteiger partial charge is 0.223 e. The molecule has 0 aromatic heterocycles. The molecule has 2 saturated heterocycles. The SMILES string of the molecule is CCC(=O)CCCCCCCC1OC12OC2CC. The second kappa shape index (κ2) is 6.16. The zero-order valence-corrected chi connectivity index (χ0v) is 11.7. The highest BCUT2D eigenvalue weighted by molar-refractivity contribution is 5.77. The van der Waals surface area contributed by atoms with Gasteiger partial charge in [0.05, 0.1) is 0 Å². The molecule has 3 atom stereocenters. The molecule has 3 nitrogen and oxygen atoms in total. The first kappa shape index (κ1) is 14.0. The molecule has 2 fully saturated rings. The molecule has 0 bridgehead atoms. The molecule has 2 heterocycles. The normalized spacial score (nSPS) is 32.8. The maximum absolute atomic E-state index is 11.1. The number of ether oxygens (including phenoxy) is 2. The quantitative estimate of drug-likeness (QED) is 0.442. The van der Waals surface area contributed by atoms with E-state index in [1.807, 2.05) is 6.92 Å². The number of carbonyl (C=O) groups excluding carboxylic acids is 1. The molecule has 0 amide bonds. The summed E-state index contributed by atoms with van der Waals surface area (Å²) in [6, 6.07) is 0. The Morgan fingerprint density at radius 1 is 1.00 bits per heavy atom. The fourth-order valence-corrected chi connectivity index (χ4v) is 2.75. The summed E-state index contributed by atoms with van der Waals surface area (Å²) >= 11 is 0. The van der Waals surface area contributed by atoms with Gasteiger partial charge in [-0.3, -0.25) is 4.79 Å². The van der Waals surface area contributed by atoms with Crippen LogP contribution in [0.5, 0.6) is 0 Å². The van der Waals surface area contributed by atoms with E-state index in [2.05, 4.69) is 6.92 Å². The van der Waals surface area contributed by atoms with Gasteiger partial charge in [-0.2, -0.15) is 0 Å². The molecule has 1 spiro atoms. The van der Waals surface area contributed by atoms with E-state index in [0.717, 1.165) is 25.7 Å². The average Bonchev–Trinajstić information content (AvgIpc) is 3.27. The molecule has 18 heavy (non-hydrogen) atoms. The lowest BCUT2D eigenvalue weighted by Crippen LogP contribution is -1.99. The molecule has 3 heteroatoms. The number of carbonyl (C=O) groups is 1. The Morgan fingerprint density at radius 2 is 1.67 bits per heavy atom. The number of Topliss-reactive ketones (excluding diaryl/α,β-unsaturated/α-hetero) is 1. The van der Waals surface area contributed by atoms with Gasteiger partial charge in [0.2, 0.25) is 5.79 Å². The van der Waals surface area contributed by atoms with E-state index in [1.54, 1.807) is 0 Å². The van der Waals surface area contributed by atoms with E-state index in [9.17, 15) is 4.79 Å². The fourth-order valence-electron chi connectivity index (χ4n) is 2.75. The van der Waals surface area contributed by atoms with E-state index < -0.39 is 0 Å². The molecule has 2 rings (SSSR count). The van der Waals surface area contributed by atoms with Gasteiger partial charge in [0, 0.05) is 12.8 Å². The maximum atomic E-state index is 11.1. The summed E-state index contributed by atoms with van der Waals surface area (Å²) in [7, 11) is 0. The summed E-state index contributed by atoms with van der Waals surface area (Å²) in [5, 5.41) is 0. The lowest BCUT2D eigenvalue weighted by atomic mass is 10.0. The summed E-state index contributed by atoms with van der Waals surface area (Å²) in [6.07, 6.45) is 10.4. The Morgan fingerprint density at radius 3 is 2.33 bits per heavy atom. The van der Waals surface area contributed by atoms with Crippen LogP contribution in [0.2, 0.25) is 0 Å². The first-order chi connectivity index (χ1) is 8.73. The van der Waals surface area contributed by atoms with E-state index in [-0.39, 0.29) is 5.79 Å². The predicted molar refractivity (Wildman–Crippen MR) is 70.4 cm³/mol. The Kier molecular flexibility index (Phi) is 4.79. The van der Waals surface area contributed by atoms with Crippen molar-refractivity contribution in [2.45, 2.75) is 89.6 Å². The van der Waals surface area contributed by atoms with Gasteiger partial charge in [-0.1, -0.05) is 39.5 Å². The van der Waals surface area contributed by atoms with Gasteiger partial charge in [0.15, 0.2) is 0 Å². The van der Waals surface area contributed by atoms with Crippen molar-refractivity contribution >= 4 is 5.78 Å². The summed E-state index contributed by atoms with van der Waals surface area (Å²) in [5.74, 6) is 0.280. The molecule has 0 aromatic carbocycles. The van der Waals surface area contributed by atoms with Crippen LogP contribution >= 0.6 is 0 Å². The third kappa shape index (κ3) is 3.33. The number of rotatable bonds is 10. The summed E-state index contributed by atoms with van der Waals surface area (Å²) in [5.41, 5.74) is 0. The number of ketones is 1. The second-order valence-electron chi connectivity index (χ2n) is 5.54. The molecule has 0 saturated carbocycles. The predicted octanol–water partition coefficient (Wildman–Crippen LogP) is 3.60. The van der Waals surface area contributed by atoms with Gasteiger partial charge in [0.25, 0.3) is 0 Å². The molecule has 2 aliphatic heterocycles. The third-order valence-corrected chi connectivity index (χ3v) is 4.12. The van der Waals surface area contributed by atoms with Gasteiger partial charge in [-0.05, 0) is 19.3 Å². The first-order valence-corrected chi connectivity index (χ1v) is 7.60. The Labute approximate surface area is 110 Å². The molecule has 0 aromatic rings. The van der Waals surface area contributed by atoms with Crippen LogP contribution < -0.4 is 0 Å². The molecule has 3 unspecified atom stereocenters. The van der Waals surface area contributed by atoms with Gasteiger partial charge in [-0.15, -0.1) is 0 Å². The van der Waals surface area contributed by atoms with Crippen molar-refractivity contribution in [1.82, 2.24) is 0 Å². The number of unbranched alkanes of at least 4 members (excludes halogenated alkanes) is 4. The zero-order chi connectivity index (χ0) is 13.0. The highest BCUT2D eigenvalue weighted by Crippen LogP contribution is 2.57. The van der Waals surface area contributed by atoms with Crippen molar-refractivity contribution in [3.8, 4) is 0 Å². The summed E-state index contributed by atoms with van der Waals surface area (Å²) in [4.78, 5) is 11.1. The molecule has 0 aliphatic carbocycles. The standard InChI is InChI=1S/C15H26O3/c1-3-12(16)10-8-6-5-7-9-11-14-15(18-14)13(4-2)17-15/h13-14H,3-11H2,1-2H3. The Hall–Kier alpha value is -0.410. The van der Waals surface area contributed by atoms with Crippen LogP contribution in [0.25, 0.3) is 0 Å². The highest BCUT2D eigenvalue weighted by Gasteiger charge is 2.75. The van der Waals surface area contributed by atoms with E-state index >= 15 is 0 Å². The van der Waals surface area contributed by atoms with Crippen molar-refractivity contribution in [3.05, 3.63) is 0 Å². The molecular weight excluding hydrogens is 228 g/mol. The van der Waals surface area contributed by atoms with Crippen molar-refractivity contribution < 1.29 is 14.3 Å². The molecular formula is C15H26O3. The van der Waals surface area contributed by atoms with Crippen molar-refractivity contribution in [2.24, 2.45) is 0 Å². The lowest BCUT2D eigenvalue weighted by molar-refractivity contribution is -0.118. The van der Waals surface area contributed by atoms with Gasteiger partial charge in [-0.25, -0.2) is 0 Å². The van der Waals surface area contributed by atoms with Gasteiger partial charge in [0.1, 0.15) is 18.0 Å². The van der Waals surface area contributed by atoms with Gasteiger partial charge < -0.3 is 9.47 Å². The molecule has 0 radical (unpaired) electrons. The van der Waals surface area contributed by atoms with Crippen LogP contribution in [0.3, 0.4) is 0 Å². The highest BCUT2D eigenvalue weighted by atomic mass is 16.9. The minimum atomic E-state index is -0.123. The first-order valence-electron chi connectivity index (χ1n) is 7.60. The van der Waals surface area contributed by atoms with Gasteiger partial charge >= 0.3 is 0 Å². The Bertz CT molecular complexity index is 289.